The standard InChI is InChI=1S/C20H20F3N3O/c1-12-8-14(18-15(22)4-3-5-16(18)23)19(24-10-12)20(2)9-17(25-27-20)26-7-6-13(21)11-26/h3-5,8,10,13H,6-7,9,11H2,1-2H3/t13-,20?/m1/s1. The Labute approximate surface area is 155 Å². The number of amidine groups is 1. The lowest BCUT2D eigenvalue weighted by Gasteiger charge is -2.25. The van der Waals surface area contributed by atoms with Crippen molar-refractivity contribution >= 4 is 5.84 Å². The SMILES string of the molecule is Cc1cnc(C2(C)CC(N3CC[C@@H](F)C3)=NO2)c(-c2c(F)cccc2F)c1. The van der Waals surface area contributed by atoms with Crippen LogP contribution in [-0.4, -0.2) is 35.0 Å². The minimum absolute atomic E-state index is 0.132. The lowest BCUT2D eigenvalue weighted by molar-refractivity contribution is -0.0103. The number of pyridine rings is 1. The molecule has 1 saturated heterocycles. The summed E-state index contributed by atoms with van der Waals surface area (Å²) in [5.74, 6) is -0.683. The second kappa shape index (κ2) is 6.55. The van der Waals surface area contributed by atoms with E-state index in [4.69, 9.17) is 4.84 Å². The van der Waals surface area contributed by atoms with E-state index in [1.54, 1.807) is 19.2 Å². The molecular formula is C20H20F3N3O. The summed E-state index contributed by atoms with van der Waals surface area (Å²) in [6.45, 7) is 4.46. The summed E-state index contributed by atoms with van der Waals surface area (Å²) in [6.07, 6.45) is 1.58. The lowest BCUT2D eigenvalue weighted by atomic mass is 9.89. The molecule has 4 rings (SSSR count). The number of likely N-dealkylation sites (tertiary alicyclic amines) is 1. The maximum Gasteiger partial charge on any atom is 0.184 e. The fourth-order valence-electron chi connectivity index (χ4n) is 3.70. The normalized spacial score (nSPS) is 24.9. The van der Waals surface area contributed by atoms with Gasteiger partial charge in [-0.3, -0.25) is 4.98 Å². The van der Waals surface area contributed by atoms with Crippen LogP contribution < -0.4 is 0 Å². The average molecular weight is 375 g/mol. The highest BCUT2D eigenvalue weighted by Crippen LogP contribution is 2.41. The molecule has 27 heavy (non-hydrogen) atoms. The van der Waals surface area contributed by atoms with Crippen LogP contribution in [0.25, 0.3) is 11.1 Å². The molecule has 0 saturated carbocycles. The molecule has 0 spiro atoms. The molecule has 0 amide bonds. The van der Waals surface area contributed by atoms with Crippen molar-refractivity contribution in [2.45, 2.75) is 38.5 Å². The van der Waals surface area contributed by atoms with Crippen LogP contribution in [0.3, 0.4) is 0 Å². The highest BCUT2D eigenvalue weighted by Gasteiger charge is 2.43. The molecule has 1 aromatic carbocycles. The molecule has 2 aliphatic heterocycles. The van der Waals surface area contributed by atoms with Gasteiger partial charge >= 0.3 is 0 Å². The first-order valence-electron chi connectivity index (χ1n) is 8.93. The number of benzene rings is 1. The molecule has 0 N–H and O–H groups in total. The minimum Gasteiger partial charge on any atom is -0.381 e. The Morgan fingerprint density at radius 3 is 2.67 bits per heavy atom. The summed E-state index contributed by atoms with van der Waals surface area (Å²) >= 11 is 0. The molecule has 3 heterocycles. The molecule has 1 aromatic heterocycles. The van der Waals surface area contributed by atoms with E-state index in [-0.39, 0.29) is 12.1 Å². The van der Waals surface area contributed by atoms with E-state index in [0.717, 1.165) is 5.56 Å². The van der Waals surface area contributed by atoms with Gasteiger partial charge in [-0.05, 0) is 44.0 Å². The number of alkyl halides is 1. The van der Waals surface area contributed by atoms with Gasteiger partial charge in [-0.2, -0.15) is 0 Å². The van der Waals surface area contributed by atoms with Gasteiger partial charge in [-0.15, -0.1) is 0 Å². The first-order chi connectivity index (χ1) is 12.9. The van der Waals surface area contributed by atoms with Crippen LogP contribution in [0.5, 0.6) is 0 Å². The van der Waals surface area contributed by atoms with Gasteiger partial charge in [0.25, 0.3) is 0 Å². The van der Waals surface area contributed by atoms with E-state index < -0.39 is 23.4 Å². The smallest absolute Gasteiger partial charge is 0.184 e. The maximum absolute atomic E-state index is 14.4. The number of hydrogen-bond donors (Lipinski definition) is 0. The monoisotopic (exact) mass is 375 g/mol. The van der Waals surface area contributed by atoms with Crippen LogP contribution in [0.15, 0.2) is 35.6 Å². The van der Waals surface area contributed by atoms with Gasteiger partial charge in [0.05, 0.1) is 24.2 Å². The highest BCUT2D eigenvalue weighted by atomic mass is 19.1. The summed E-state index contributed by atoms with van der Waals surface area (Å²) in [4.78, 5) is 12.0. The zero-order chi connectivity index (χ0) is 19.2. The van der Waals surface area contributed by atoms with E-state index in [9.17, 15) is 13.2 Å². The second-order valence-electron chi connectivity index (χ2n) is 7.34. The Kier molecular flexibility index (Phi) is 4.32. The van der Waals surface area contributed by atoms with Gasteiger partial charge in [-0.25, -0.2) is 13.2 Å². The molecule has 4 nitrogen and oxygen atoms in total. The van der Waals surface area contributed by atoms with Crippen molar-refractivity contribution in [3.05, 3.63) is 53.4 Å². The first-order valence-corrected chi connectivity index (χ1v) is 8.93. The van der Waals surface area contributed by atoms with Crippen molar-refractivity contribution in [3.8, 4) is 11.1 Å². The van der Waals surface area contributed by atoms with E-state index in [1.807, 2.05) is 11.8 Å². The number of nitrogens with zero attached hydrogens (tertiary/aromatic N) is 3. The van der Waals surface area contributed by atoms with Crippen molar-refractivity contribution < 1.29 is 18.0 Å². The molecule has 2 aliphatic rings. The lowest BCUT2D eigenvalue weighted by Crippen LogP contribution is -2.32. The summed E-state index contributed by atoms with van der Waals surface area (Å²) in [6, 6.07) is 5.46. The molecule has 0 bridgehead atoms. The van der Waals surface area contributed by atoms with Gasteiger partial charge in [-0.1, -0.05) is 11.2 Å². The van der Waals surface area contributed by atoms with Gasteiger partial charge in [0.15, 0.2) is 5.60 Å². The average Bonchev–Trinajstić information content (AvgIpc) is 3.21. The van der Waals surface area contributed by atoms with E-state index >= 15 is 0 Å². The third-order valence-electron chi connectivity index (χ3n) is 5.10. The third kappa shape index (κ3) is 3.15. The Morgan fingerprint density at radius 2 is 2.00 bits per heavy atom. The Balaban J connectivity index is 1.73. The predicted octanol–water partition coefficient (Wildman–Crippen LogP) is 4.33. The first kappa shape index (κ1) is 17.8. The van der Waals surface area contributed by atoms with Crippen LogP contribution in [-0.2, 0) is 10.4 Å². The van der Waals surface area contributed by atoms with Crippen molar-refractivity contribution in [3.63, 3.8) is 0 Å². The Bertz CT molecular complexity index is 897. The molecule has 7 heteroatoms. The number of aryl methyl sites for hydroxylation is 1. The van der Waals surface area contributed by atoms with Crippen molar-refractivity contribution in [2.24, 2.45) is 5.16 Å². The summed E-state index contributed by atoms with van der Waals surface area (Å²) in [7, 11) is 0. The zero-order valence-corrected chi connectivity index (χ0v) is 15.2. The molecule has 0 radical (unpaired) electrons. The Hall–Kier alpha value is -2.57. The van der Waals surface area contributed by atoms with Gasteiger partial charge in [0.2, 0.25) is 0 Å². The maximum atomic E-state index is 14.4. The summed E-state index contributed by atoms with van der Waals surface area (Å²) in [5, 5.41) is 4.13. The van der Waals surface area contributed by atoms with Crippen molar-refractivity contribution in [1.82, 2.24) is 9.88 Å². The van der Waals surface area contributed by atoms with Crippen LogP contribution in [0.2, 0.25) is 0 Å². The zero-order valence-electron chi connectivity index (χ0n) is 15.2. The molecule has 1 unspecified atom stereocenters. The van der Waals surface area contributed by atoms with E-state index in [2.05, 4.69) is 10.1 Å². The number of aromatic nitrogens is 1. The number of hydrogen-bond acceptors (Lipinski definition) is 4. The summed E-state index contributed by atoms with van der Waals surface area (Å²) in [5.41, 5.74) is 0.411. The molecule has 142 valence electrons. The molecule has 1 fully saturated rings. The van der Waals surface area contributed by atoms with Gasteiger partial charge in [0, 0.05) is 18.3 Å². The van der Waals surface area contributed by atoms with Crippen LogP contribution in [0.1, 0.15) is 31.0 Å². The molecular weight excluding hydrogens is 355 g/mol. The second-order valence-corrected chi connectivity index (χ2v) is 7.34. The molecule has 2 atom stereocenters. The Morgan fingerprint density at radius 1 is 1.26 bits per heavy atom. The fourth-order valence-corrected chi connectivity index (χ4v) is 3.70. The summed E-state index contributed by atoms with van der Waals surface area (Å²) < 4.78 is 42.4. The number of oxime groups is 1. The molecule has 0 aliphatic carbocycles. The highest BCUT2D eigenvalue weighted by molar-refractivity contribution is 5.85. The van der Waals surface area contributed by atoms with Crippen molar-refractivity contribution in [2.75, 3.05) is 13.1 Å². The van der Waals surface area contributed by atoms with E-state index in [0.29, 0.717) is 36.5 Å². The molecule has 2 aromatic rings. The topological polar surface area (TPSA) is 37.7 Å². The van der Waals surface area contributed by atoms with Crippen LogP contribution in [0.4, 0.5) is 13.2 Å². The predicted molar refractivity (Wildman–Crippen MR) is 95.9 cm³/mol. The minimum atomic E-state index is -0.985. The van der Waals surface area contributed by atoms with Gasteiger partial charge in [0.1, 0.15) is 23.6 Å². The van der Waals surface area contributed by atoms with Crippen molar-refractivity contribution in [1.29, 1.82) is 0 Å². The quantitative estimate of drug-likeness (QED) is 0.784. The van der Waals surface area contributed by atoms with Crippen LogP contribution >= 0.6 is 0 Å². The third-order valence-corrected chi connectivity index (χ3v) is 5.10. The largest absolute Gasteiger partial charge is 0.381 e. The number of rotatable bonds is 2. The van der Waals surface area contributed by atoms with E-state index in [1.165, 1.54) is 18.2 Å². The van der Waals surface area contributed by atoms with Gasteiger partial charge < -0.3 is 9.74 Å². The fraction of sp³-hybridized carbons (Fsp3) is 0.400. The number of halogens is 3. The van der Waals surface area contributed by atoms with Crippen LogP contribution in [0, 0.1) is 18.6 Å².